The first-order chi connectivity index (χ1) is 9.60. The molecule has 1 aromatic heterocycles. The van der Waals surface area contributed by atoms with E-state index in [4.69, 9.17) is 5.11 Å². The number of aryl methyl sites for hydroxylation is 2. The summed E-state index contributed by atoms with van der Waals surface area (Å²) in [4.78, 5) is 15.2. The first kappa shape index (κ1) is 14.0. The van der Waals surface area contributed by atoms with Crippen molar-refractivity contribution in [3.05, 3.63) is 41.5 Å². The molecule has 0 aliphatic heterocycles. The van der Waals surface area contributed by atoms with Crippen LogP contribution in [0.1, 0.15) is 35.1 Å². The van der Waals surface area contributed by atoms with E-state index in [2.05, 4.69) is 22.3 Å². The first-order valence-electron chi connectivity index (χ1n) is 6.55. The van der Waals surface area contributed by atoms with Crippen LogP contribution in [0.3, 0.4) is 0 Å². The molecule has 0 unspecified atom stereocenters. The van der Waals surface area contributed by atoms with Gasteiger partial charge in [-0.25, -0.2) is 14.5 Å². The van der Waals surface area contributed by atoms with Gasteiger partial charge < -0.3 is 10.4 Å². The predicted molar refractivity (Wildman–Crippen MR) is 75.8 cm³/mol. The summed E-state index contributed by atoms with van der Waals surface area (Å²) in [5, 5.41) is 16.4. The van der Waals surface area contributed by atoms with E-state index in [0.717, 1.165) is 30.0 Å². The summed E-state index contributed by atoms with van der Waals surface area (Å²) in [6.07, 6.45) is 2.52. The molecule has 0 aliphatic rings. The van der Waals surface area contributed by atoms with Crippen molar-refractivity contribution in [3.8, 4) is 0 Å². The van der Waals surface area contributed by atoms with Crippen molar-refractivity contribution in [1.82, 2.24) is 14.8 Å². The first-order valence-corrected chi connectivity index (χ1v) is 6.55. The summed E-state index contributed by atoms with van der Waals surface area (Å²) in [7, 11) is 0. The zero-order valence-electron chi connectivity index (χ0n) is 11.6. The SMILES string of the molecule is CCCn1ncnc1CNc1cc(C)cc(C(=O)O)c1. The van der Waals surface area contributed by atoms with Gasteiger partial charge in [0.25, 0.3) is 0 Å². The third-order valence-corrected chi connectivity index (χ3v) is 2.91. The van der Waals surface area contributed by atoms with Gasteiger partial charge in [0.1, 0.15) is 12.2 Å². The zero-order chi connectivity index (χ0) is 14.5. The van der Waals surface area contributed by atoms with Crippen LogP contribution in [0.4, 0.5) is 5.69 Å². The van der Waals surface area contributed by atoms with Crippen molar-refractivity contribution in [2.45, 2.75) is 33.4 Å². The number of aromatic carboxylic acids is 1. The smallest absolute Gasteiger partial charge is 0.335 e. The highest BCUT2D eigenvalue weighted by molar-refractivity contribution is 5.89. The van der Waals surface area contributed by atoms with E-state index in [1.165, 1.54) is 6.33 Å². The monoisotopic (exact) mass is 274 g/mol. The lowest BCUT2D eigenvalue weighted by Gasteiger charge is -2.09. The molecule has 0 spiro atoms. The topological polar surface area (TPSA) is 80.0 Å². The summed E-state index contributed by atoms with van der Waals surface area (Å²) >= 11 is 0. The van der Waals surface area contributed by atoms with Crippen molar-refractivity contribution >= 4 is 11.7 Å². The quantitative estimate of drug-likeness (QED) is 0.845. The maximum Gasteiger partial charge on any atom is 0.335 e. The number of nitrogens with one attached hydrogen (secondary N) is 1. The van der Waals surface area contributed by atoms with Gasteiger partial charge in [-0.05, 0) is 37.1 Å². The van der Waals surface area contributed by atoms with Crippen LogP contribution >= 0.6 is 0 Å². The normalized spacial score (nSPS) is 10.5. The Morgan fingerprint density at radius 3 is 2.90 bits per heavy atom. The van der Waals surface area contributed by atoms with Gasteiger partial charge in [0.15, 0.2) is 0 Å². The van der Waals surface area contributed by atoms with E-state index >= 15 is 0 Å². The Morgan fingerprint density at radius 1 is 1.40 bits per heavy atom. The molecule has 0 aliphatic carbocycles. The number of carboxylic acid groups (broad SMARTS) is 1. The molecular weight excluding hydrogens is 256 g/mol. The minimum Gasteiger partial charge on any atom is -0.478 e. The van der Waals surface area contributed by atoms with Crippen LogP contribution in [-0.4, -0.2) is 25.8 Å². The zero-order valence-corrected chi connectivity index (χ0v) is 11.6. The fourth-order valence-corrected chi connectivity index (χ4v) is 2.01. The van der Waals surface area contributed by atoms with E-state index in [9.17, 15) is 4.79 Å². The van der Waals surface area contributed by atoms with E-state index in [1.807, 2.05) is 17.7 Å². The molecule has 2 N–H and O–H groups in total. The summed E-state index contributed by atoms with van der Waals surface area (Å²) in [6, 6.07) is 5.18. The number of nitrogens with zero attached hydrogens (tertiary/aromatic N) is 3. The van der Waals surface area contributed by atoms with Crippen LogP contribution in [0.2, 0.25) is 0 Å². The summed E-state index contributed by atoms with van der Waals surface area (Å²) in [5.41, 5.74) is 1.96. The predicted octanol–water partition coefficient (Wildman–Crippen LogP) is 2.31. The van der Waals surface area contributed by atoms with Gasteiger partial charge >= 0.3 is 5.97 Å². The molecule has 0 bridgehead atoms. The number of hydrogen-bond donors (Lipinski definition) is 2. The highest BCUT2D eigenvalue weighted by atomic mass is 16.4. The van der Waals surface area contributed by atoms with Gasteiger partial charge in [-0.2, -0.15) is 5.10 Å². The van der Waals surface area contributed by atoms with Crippen LogP contribution in [0.5, 0.6) is 0 Å². The average molecular weight is 274 g/mol. The Bertz CT molecular complexity index is 607. The summed E-state index contributed by atoms with van der Waals surface area (Å²) < 4.78 is 1.85. The number of carboxylic acids is 1. The maximum absolute atomic E-state index is 11.0. The van der Waals surface area contributed by atoms with Crippen molar-refractivity contribution in [3.63, 3.8) is 0 Å². The van der Waals surface area contributed by atoms with Gasteiger partial charge in [-0.3, -0.25) is 0 Å². The molecule has 6 heteroatoms. The third-order valence-electron chi connectivity index (χ3n) is 2.91. The molecule has 0 amide bonds. The molecule has 0 fully saturated rings. The number of carbonyl (C=O) groups is 1. The van der Waals surface area contributed by atoms with Crippen molar-refractivity contribution < 1.29 is 9.90 Å². The Hall–Kier alpha value is -2.37. The number of aromatic nitrogens is 3. The van der Waals surface area contributed by atoms with Gasteiger partial charge in [0.05, 0.1) is 12.1 Å². The molecule has 0 saturated carbocycles. The van der Waals surface area contributed by atoms with Crippen LogP contribution in [0.15, 0.2) is 24.5 Å². The van der Waals surface area contributed by atoms with E-state index in [1.54, 1.807) is 12.1 Å². The second-order valence-electron chi connectivity index (χ2n) is 4.65. The van der Waals surface area contributed by atoms with E-state index in [0.29, 0.717) is 6.54 Å². The van der Waals surface area contributed by atoms with E-state index in [-0.39, 0.29) is 5.56 Å². The summed E-state index contributed by atoms with van der Waals surface area (Å²) in [6.45, 7) is 5.30. The molecular formula is C14H18N4O2. The van der Waals surface area contributed by atoms with Gasteiger partial charge in [0, 0.05) is 12.2 Å². The highest BCUT2D eigenvalue weighted by Crippen LogP contribution is 2.15. The van der Waals surface area contributed by atoms with Crippen LogP contribution in [0.25, 0.3) is 0 Å². The molecule has 0 saturated heterocycles. The minimum absolute atomic E-state index is 0.280. The Labute approximate surface area is 117 Å². The average Bonchev–Trinajstić information content (AvgIpc) is 2.83. The second-order valence-corrected chi connectivity index (χ2v) is 4.65. The molecule has 106 valence electrons. The van der Waals surface area contributed by atoms with Crippen molar-refractivity contribution in [2.24, 2.45) is 0 Å². The standard InChI is InChI=1S/C14H18N4O2/c1-3-4-18-13(16-9-17-18)8-15-12-6-10(2)5-11(7-12)14(19)20/h5-7,9,15H,3-4,8H2,1-2H3,(H,19,20). The molecule has 20 heavy (non-hydrogen) atoms. The molecule has 1 aromatic carbocycles. The second kappa shape index (κ2) is 6.18. The number of benzene rings is 1. The van der Waals surface area contributed by atoms with Crippen molar-refractivity contribution in [2.75, 3.05) is 5.32 Å². The lowest BCUT2D eigenvalue weighted by atomic mass is 10.1. The fraction of sp³-hybridized carbons (Fsp3) is 0.357. The van der Waals surface area contributed by atoms with Crippen LogP contribution in [0, 0.1) is 6.92 Å². The Balaban J connectivity index is 2.10. The molecule has 2 aromatic rings. The van der Waals surface area contributed by atoms with Gasteiger partial charge in [-0.15, -0.1) is 0 Å². The van der Waals surface area contributed by atoms with E-state index < -0.39 is 5.97 Å². The largest absolute Gasteiger partial charge is 0.478 e. The molecule has 6 nitrogen and oxygen atoms in total. The third kappa shape index (κ3) is 3.34. The molecule has 2 rings (SSSR count). The maximum atomic E-state index is 11.0. The van der Waals surface area contributed by atoms with Crippen molar-refractivity contribution in [1.29, 1.82) is 0 Å². The lowest BCUT2D eigenvalue weighted by molar-refractivity contribution is 0.0697. The highest BCUT2D eigenvalue weighted by Gasteiger charge is 2.07. The minimum atomic E-state index is -0.925. The van der Waals surface area contributed by atoms with Gasteiger partial charge in [-0.1, -0.05) is 6.92 Å². The summed E-state index contributed by atoms with van der Waals surface area (Å²) in [5.74, 6) is -0.0869. The number of hydrogen-bond acceptors (Lipinski definition) is 4. The fourth-order valence-electron chi connectivity index (χ4n) is 2.01. The Kier molecular flexibility index (Phi) is 4.34. The molecule has 1 heterocycles. The molecule has 0 atom stereocenters. The van der Waals surface area contributed by atoms with Gasteiger partial charge in [0.2, 0.25) is 0 Å². The number of anilines is 1. The Morgan fingerprint density at radius 2 is 2.20 bits per heavy atom. The van der Waals surface area contributed by atoms with Crippen LogP contribution < -0.4 is 5.32 Å². The van der Waals surface area contributed by atoms with Crippen LogP contribution in [-0.2, 0) is 13.1 Å². The lowest BCUT2D eigenvalue weighted by Crippen LogP contribution is -2.10. The number of rotatable bonds is 6. The molecule has 0 radical (unpaired) electrons.